The molecule has 136 valence electrons. The molecule has 0 saturated carbocycles. The van der Waals surface area contributed by atoms with Crippen molar-refractivity contribution in [1.82, 2.24) is 0 Å². The second-order valence-electron chi connectivity index (χ2n) is 5.58. The van der Waals surface area contributed by atoms with Crippen LogP contribution in [-0.4, -0.2) is 19.0 Å². The van der Waals surface area contributed by atoms with Crippen molar-refractivity contribution in [3.63, 3.8) is 0 Å². The predicted molar refractivity (Wildman–Crippen MR) is 100 cm³/mol. The van der Waals surface area contributed by atoms with Gasteiger partial charge >= 0.3 is 11.9 Å². The largest absolute Gasteiger partial charge is 0.465 e. The van der Waals surface area contributed by atoms with E-state index in [1.165, 1.54) is 19.2 Å². The van der Waals surface area contributed by atoms with Gasteiger partial charge in [0.25, 0.3) is 0 Å². The number of anilines is 1. The zero-order chi connectivity index (χ0) is 19.2. The van der Waals surface area contributed by atoms with Gasteiger partial charge in [-0.1, -0.05) is 24.3 Å². The Morgan fingerprint density at radius 1 is 0.778 bits per heavy atom. The van der Waals surface area contributed by atoms with Crippen LogP contribution in [0.3, 0.4) is 0 Å². The molecule has 0 radical (unpaired) electrons. The van der Waals surface area contributed by atoms with E-state index >= 15 is 0 Å². The van der Waals surface area contributed by atoms with Crippen LogP contribution in [0.4, 0.5) is 5.69 Å². The minimum Gasteiger partial charge on any atom is -0.465 e. The van der Waals surface area contributed by atoms with Gasteiger partial charge in [-0.25, -0.2) is 9.59 Å². The predicted octanol–water partition coefficient (Wildman–Crippen LogP) is 4.07. The van der Waals surface area contributed by atoms with Crippen LogP contribution >= 0.6 is 0 Å². The summed E-state index contributed by atoms with van der Waals surface area (Å²) in [4.78, 5) is 23.9. The number of hydrogen-bond donors (Lipinski definition) is 1. The van der Waals surface area contributed by atoms with Crippen molar-refractivity contribution >= 4 is 17.6 Å². The second kappa shape index (κ2) is 8.05. The van der Waals surface area contributed by atoms with Crippen molar-refractivity contribution in [2.75, 3.05) is 12.8 Å². The van der Waals surface area contributed by atoms with Crippen molar-refractivity contribution in [2.45, 2.75) is 0 Å². The third-order valence-electron chi connectivity index (χ3n) is 3.68. The van der Waals surface area contributed by atoms with Crippen molar-refractivity contribution in [3.8, 4) is 17.2 Å². The molecule has 0 aliphatic rings. The summed E-state index contributed by atoms with van der Waals surface area (Å²) in [6.45, 7) is 0. The van der Waals surface area contributed by atoms with E-state index in [1.54, 1.807) is 42.5 Å². The number of methoxy groups -OCH3 is 1. The van der Waals surface area contributed by atoms with Crippen LogP contribution in [0.15, 0.2) is 72.8 Å². The molecule has 6 nitrogen and oxygen atoms in total. The first-order valence-electron chi connectivity index (χ1n) is 8.10. The summed E-state index contributed by atoms with van der Waals surface area (Å²) in [7, 11) is 1.28. The third kappa shape index (κ3) is 4.43. The maximum absolute atomic E-state index is 12.4. The van der Waals surface area contributed by atoms with Crippen molar-refractivity contribution in [1.29, 1.82) is 0 Å². The van der Waals surface area contributed by atoms with Crippen LogP contribution in [0.5, 0.6) is 17.2 Å². The van der Waals surface area contributed by atoms with Gasteiger partial charge in [0.2, 0.25) is 0 Å². The Hall–Kier alpha value is -3.80. The van der Waals surface area contributed by atoms with Crippen LogP contribution in [-0.2, 0) is 4.74 Å². The van der Waals surface area contributed by atoms with Crippen LogP contribution in [0.25, 0.3) is 0 Å². The third-order valence-corrected chi connectivity index (χ3v) is 3.68. The van der Waals surface area contributed by atoms with Crippen LogP contribution in [0.2, 0.25) is 0 Å². The summed E-state index contributed by atoms with van der Waals surface area (Å²) in [6.07, 6.45) is 0. The van der Waals surface area contributed by atoms with E-state index in [2.05, 4.69) is 4.74 Å². The molecular formula is C21H17NO5. The topological polar surface area (TPSA) is 87.8 Å². The van der Waals surface area contributed by atoms with Gasteiger partial charge in [-0.3, -0.25) is 0 Å². The van der Waals surface area contributed by atoms with Gasteiger partial charge in [-0.15, -0.1) is 0 Å². The molecule has 2 N–H and O–H groups in total. The Bertz CT molecular complexity index is 969. The van der Waals surface area contributed by atoms with Gasteiger partial charge in [0.1, 0.15) is 17.2 Å². The number of carbonyl (C=O) groups is 2. The molecule has 27 heavy (non-hydrogen) atoms. The average Bonchev–Trinajstić information content (AvgIpc) is 2.70. The Balaban J connectivity index is 1.74. The average molecular weight is 363 g/mol. The van der Waals surface area contributed by atoms with Gasteiger partial charge in [0.05, 0.1) is 23.9 Å². The molecule has 0 aliphatic heterocycles. The van der Waals surface area contributed by atoms with Crippen LogP contribution < -0.4 is 15.2 Å². The summed E-state index contributed by atoms with van der Waals surface area (Å²) < 4.78 is 15.6. The zero-order valence-corrected chi connectivity index (χ0v) is 14.5. The molecule has 0 aliphatic carbocycles. The molecule has 0 atom stereocenters. The monoisotopic (exact) mass is 363 g/mol. The lowest BCUT2D eigenvalue weighted by Gasteiger charge is -2.10. The molecule has 0 aromatic heterocycles. The smallest absolute Gasteiger partial charge is 0.343 e. The summed E-state index contributed by atoms with van der Waals surface area (Å²) in [5, 5.41) is 0. The second-order valence-corrected chi connectivity index (χ2v) is 5.58. The molecule has 0 unspecified atom stereocenters. The lowest BCUT2D eigenvalue weighted by molar-refractivity contribution is 0.0597. The molecule has 0 bridgehead atoms. The molecular weight excluding hydrogens is 346 g/mol. The standard InChI is InChI=1S/C21H17NO5/c1-25-20(23)14-6-5-9-17(12-14)27-21(24)15-10-11-19(18(22)13-15)26-16-7-3-2-4-8-16/h2-13H,22H2,1H3. The first-order valence-corrected chi connectivity index (χ1v) is 8.10. The van der Waals surface area contributed by atoms with E-state index in [4.69, 9.17) is 15.2 Å². The summed E-state index contributed by atoms with van der Waals surface area (Å²) in [6, 6.07) is 20.0. The quantitative estimate of drug-likeness (QED) is 0.418. The fourth-order valence-corrected chi connectivity index (χ4v) is 2.35. The van der Waals surface area contributed by atoms with Crippen LogP contribution in [0.1, 0.15) is 20.7 Å². The number of nitrogen functional groups attached to an aromatic ring is 1. The molecule has 0 spiro atoms. The molecule has 3 aromatic carbocycles. The molecule has 0 amide bonds. The van der Waals surface area contributed by atoms with E-state index in [1.807, 2.05) is 18.2 Å². The fraction of sp³-hybridized carbons (Fsp3) is 0.0476. The maximum Gasteiger partial charge on any atom is 0.343 e. The molecule has 0 heterocycles. The number of esters is 2. The SMILES string of the molecule is COC(=O)c1cccc(OC(=O)c2ccc(Oc3ccccc3)c(N)c2)c1. The molecule has 3 aromatic rings. The molecule has 0 fully saturated rings. The van der Waals surface area contributed by atoms with Crippen LogP contribution in [0, 0.1) is 0 Å². The Morgan fingerprint density at radius 3 is 2.19 bits per heavy atom. The first kappa shape index (κ1) is 18.0. The van der Waals surface area contributed by atoms with Gasteiger partial charge in [0, 0.05) is 0 Å². The highest BCUT2D eigenvalue weighted by Gasteiger charge is 2.13. The van der Waals surface area contributed by atoms with Gasteiger partial charge in [0.15, 0.2) is 0 Å². The highest BCUT2D eigenvalue weighted by atomic mass is 16.5. The van der Waals surface area contributed by atoms with E-state index in [9.17, 15) is 9.59 Å². The fourth-order valence-electron chi connectivity index (χ4n) is 2.35. The molecule has 6 heteroatoms. The summed E-state index contributed by atoms with van der Waals surface area (Å²) in [5.74, 6) is 0.185. The van der Waals surface area contributed by atoms with Crippen molar-refractivity contribution in [2.24, 2.45) is 0 Å². The van der Waals surface area contributed by atoms with Crippen molar-refractivity contribution < 1.29 is 23.8 Å². The summed E-state index contributed by atoms with van der Waals surface area (Å²) >= 11 is 0. The Morgan fingerprint density at radius 2 is 1.48 bits per heavy atom. The minimum absolute atomic E-state index is 0.228. The normalized spacial score (nSPS) is 10.1. The Labute approximate surface area is 156 Å². The lowest BCUT2D eigenvalue weighted by atomic mass is 10.2. The van der Waals surface area contributed by atoms with Crippen molar-refractivity contribution in [3.05, 3.63) is 83.9 Å². The lowest BCUT2D eigenvalue weighted by Crippen LogP contribution is -2.10. The Kier molecular flexibility index (Phi) is 5.37. The highest BCUT2D eigenvalue weighted by molar-refractivity contribution is 5.93. The van der Waals surface area contributed by atoms with E-state index in [0.29, 0.717) is 17.2 Å². The number of hydrogen-bond acceptors (Lipinski definition) is 6. The minimum atomic E-state index is -0.602. The number of para-hydroxylation sites is 1. The van der Waals surface area contributed by atoms with Gasteiger partial charge in [-0.05, 0) is 48.5 Å². The number of carbonyl (C=O) groups excluding carboxylic acids is 2. The highest BCUT2D eigenvalue weighted by Crippen LogP contribution is 2.28. The number of ether oxygens (including phenoxy) is 3. The first-order chi connectivity index (χ1) is 13.1. The maximum atomic E-state index is 12.4. The van der Waals surface area contributed by atoms with Gasteiger partial charge < -0.3 is 19.9 Å². The van der Waals surface area contributed by atoms with E-state index in [0.717, 1.165) is 0 Å². The van der Waals surface area contributed by atoms with E-state index < -0.39 is 11.9 Å². The summed E-state index contributed by atoms with van der Waals surface area (Å²) in [5.41, 5.74) is 6.84. The molecule has 0 saturated heterocycles. The van der Waals surface area contributed by atoms with E-state index in [-0.39, 0.29) is 16.9 Å². The number of benzene rings is 3. The molecule has 3 rings (SSSR count). The number of rotatable bonds is 5. The number of nitrogens with two attached hydrogens (primary N) is 1. The van der Waals surface area contributed by atoms with Gasteiger partial charge in [-0.2, -0.15) is 0 Å². The zero-order valence-electron chi connectivity index (χ0n) is 14.5.